The molecule has 0 bridgehead atoms. The summed E-state index contributed by atoms with van der Waals surface area (Å²) < 4.78 is 25.7. The lowest BCUT2D eigenvalue weighted by Gasteiger charge is -2.09. The van der Waals surface area contributed by atoms with E-state index in [-0.39, 0.29) is 11.4 Å². The van der Waals surface area contributed by atoms with Crippen molar-refractivity contribution in [1.29, 1.82) is 0 Å². The average molecular weight is 278 g/mol. The van der Waals surface area contributed by atoms with Crippen LogP contribution in [0, 0.1) is 5.92 Å². The fourth-order valence-corrected chi connectivity index (χ4v) is 2.47. The Bertz CT molecular complexity index is 515. The zero-order valence-electron chi connectivity index (χ0n) is 9.05. The van der Waals surface area contributed by atoms with Gasteiger partial charge in [-0.15, -0.1) is 0 Å². The lowest BCUT2D eigenvalue weighted by atomic mass is 10.2. The summed E-state index contributed by atoms with van der Waals surface area (Å²) in [5.74, 6) is -1.84. The van der Waals surface area contributed by atoms with E-state index in [1.165, 1.54) is 25.1 Å². The molecule has 1 aromatic carbocycles. The summed E-state index contributed by atoms with van der Waals surface area (Å²) >= 11 is 5.68. The first kappa shape index (κ1) is 14.0. The summed E-state index contributed by atoms with van der Waals surface area (Å²) in [6.45, 7) is 1.26. The van der Waals surface area contributed by atoms with Crippen molar-refractivity contribution < 1.29 is 18.3 Å². The van der Waals surface area contributed by atoms with Crippen molar-refractivity contribution in [2.45, 2.75) is 11.8 Å². The summed E-state index contributed by atoms with van der Waals surface area (Å²) in [5, 5.41) is 8.94. The van der Waals surface area contributed by atoms with Crippen molar-refractivity contribution >= 4 is 27.6 Å². The molecule has 5 nitrogen and oxygen atoms in total. The van der Waals surface area contributed by atoms with Gasteiger partial charge in [-0.3, -0.25) is 4.79 Å². The van der Waals surface area contributed by atoms with Crippen molar-refractivity contribution in [2.24, 2.45) is 5.92 Å². The lowest BCUT2D eigenvalue weighted by Crippen LogP contribution is -2.31. The number of carboxylic acids is 1. The minimum atomic E-state index is -3.71. The van der Waals surface area contributed by atoms with Gasteiger partial charge in [0, 0.05) is 11.6 Å². The first-order valence-corrected chi connectivity index (χ1v) is 6.67. The maximum absolute atomic E-state index is 11.7. The number of hydrogen-bond acceptors (Lipinski definition) is 3. The fourth-order valence-electron chi connectivity index (χ4n) is 1.04. The highest BCUT2D eigenvalue weighted by atomic mass is 35.5. The molecule has 1 aromatic rings. The summed E-state index contributed by atoms with van der Waals surface area (Å²) in [7, 11) is -3.71. The van der Waals surface area contributed by atoms with Gasteiger partial charge in [-0.05, 0) is 18.2 Å². The Balaban J connectivity index is 2.79. The van der Waals surface area contributed by atoms with Gasteiger partial charge in [0.05, 0.1) is 10.8 Å². The van der Waals surface area contributed by atoms with Crippen LogP contribution in [0.4, 0.5) is 0 Å². The Morgan fingerprint density at radius 1 is 1.53 bits per heavy atom. The van der Waals surface area contributed by atoms with Gasteiger partial charge in [0.2, 0.25) is 10.0 Å². The van der Waals surface area contributed by atoms with Gasteiger partial charge < -0.3 is 5.11 Å². The molecule has 17 heavy (non-hydrogen) atoms. The SMILES string of the molecule is CC(CNS(=O)(=O)c1cccc(Cl)c1)C(=O)O. The van der Waals surface area contributed by atoms with Gasteiger partial charge in [0.1, 0.15) is 0 Å². The average Bonchev–Trinajstić information content (AvgIpc) is 2.26. The third kappa shape index (κ3) is 3.99. The van der Waals surface area contributed by atoms with Gasteiger partial charge in [-0.2, -0.15) is 0 Å². The molecule has 0 saturated heterocycles. The van der Waals surface area contributed by atoms with E-state index in [9.17, 15) is 13.2 Å². The number of aliphatic carboxylic acids is 1. The number of hydrogen-bond donors (Lipinski definition) is 2. The minimum absolute atomic E-state index is 0.0163. The molecular formula is C10H12ClNO4S. The van der Waals surface area contributed by atoms with Crippen molar-refractivity contribution in [1.82, 2.24) is 4.72 Å². The van der Waals surface area contributed by atoms with Gasteiger partial charge in [-0.1, -0.05) is 24.6 Å². The topological polar surface area (TPSA) is 83.5 Å². The lowest BCUT2D eigenvalue weighted by molar-refractivity contribution is -0.140. The second-order valence-electron chi connectivity index (χ2n) is 3.55. The highest BCUT2D eigenvalue weighted by Gasteiger charge is 2.18. The van der Waals surface area contributed by atoms with Crippen molar-refractivity contribution in [3.63, 3.8) is 0 Å². The van der Waals surface area contributed by atoms with Crippen LogP contribution >= 0.6 is 11.6 Å². The molecule has 0 aliphatic heterocycles. The van der Waals surface area contributed by atoms with Crippen LogP contribution in [0.5, 0.6) is 0 Å². The third-order valence-corrected chi connectivity index (χ3v) is 3.76. The van der Waals surface area contributed by atoms with E-state index >= 15 is 0 Å². The molecule has 1 rings (SSSR count). The Hall–Kier alpha value is -1.11. The second-order valence-corrected chi connectivity index (χ2v) is 5.75. The molecule has 0 radical (unpaired) electrons. The molecule has 0 heterocycles. The van der Waals surface area contributed by atoms with Gasteiger partial charge in [0.15, 0.2) is 0 Å². The molecule has 94 valence electrons. The van der Waals surface area contributed by atoms with Crippen LogP contribution in [0.3, 0.4) is 0 Å². The number of carboxylic acid groups (broad SMARTS) is 1. The third-order valence-electron chi connectivity index (χ3n) is 2.11. The zero-order chi connectivity index (χ0) is 13.1. The van der Waals surface area contributed by atoms with Crippen LogP contribution in [0.2, 0.25) is 5.02 Å². The molecule has 0 fully saturated rings. The minimum Gasteiger partial charge on any atom is -0.481 e. The van der Waals surface area contributed by atoms with E-state index in [2.05, 4.69) is 4.72 Å². The van der Waals surface area contributed by atoms with Crippen LogP contribution in [-0.4, -0.2) is 26.0 Å². The van der Waals surface area contributed by atoms with E-state index in [4.69, 9.17) is 16.7 Å². The van der Waals surface area contributed by atoms with Crippen LogP contribution in [0.15, 0.2) is 29.2 Å². The second kappa shape index (κ2) is 5.48. The van der Waals surface area contributed by atoms with Crippen molar-refractivity contribution in [2.75, 3.05) is 6.54 Å². The van der Waals surface area contributed by atoms with Gasteiger partial charge in [-0.25, -0.2) is 13.1 Å². The van der Waals surface area contributed by atoms with Crippen molar-refractivity contribution in [3.05, 3.63) is 29.3 Å². The van der Waals surface area contributed by atoms with Gasteiger partial charge in [0.25, 0.3) is 0 Å². The molecule has 0 aliphatic rings. The molecule has 0 aliphatic carbocycles. The number of benzene rings is 1. The largest absolute Gasteiger partial charge is 0.481 e. The number of halogens is 1. The predicted octanol–water partition coefficient (Wildman–Crippen LogP) is 1.34. The first-order valence-electron chi connectivity index (χ1n) is 4.81. The fraction of sp³-hybridized carbons (Fsp3) is 0.300. The molecule has 0 saturated carbocycles. The number of rotatable bonds is 5. The van der Waals surface area contributed by atoms with Crippen LogP contribution in [0.1, 0.15) is 6.92 Å². The molecule has 2 N–H and O–H groups in total. The predicted molar refractivity (Wildman–Crippen MR) is 63.4 cm³/mol. The number of carbonyl (C=O) groups is 1. The normalized spacial score (nSPS) is 13.3. The summed E-state index contributed by atoms with van der Waals surface area (Å²) in [6.07, 6.45) is 0. The molecule has 0 amide bonds. The smallest absolute Gasteiger partial charge is 0.307 e. The number of nitrogens with one attached hydrogen (secondary N) is 1. The summed E-state index contributed by atoms with van der Waals surface area (Å²) in [6, 6.07) is 5.76. The zero-order valence-corrected chi connectivity index (χ0v) is 10.6. The summed E-state index contributed by atoms with van der Waals surface area (Å²) in [5.41, 5.74) is 0. The van der Waals surface area contributed by atoms with E-state index in [1.54, 1.807) is 6.07 Å². The van der Waals surface area contributed by atoms with E-state index in [0.29, 0.717) is 5.02 Å². The van der Waals surface area contributed by atoms with Crippen LogP contribution in [-0.2, 0) is 14.8 Å². The number of sulfonamides is 1. The molecule has 1 atom stereocenters. The Labute approximate surface area is 104 Å². The summed E-state index contributed by atoms with van der Waals surface area (Å²) in [4.78, 5) is 10.6. The molecule has 1 unspecified atom stereocenters. The maximum Gasteiger partial charge on any atom is 0.307 e. The van der Waals surface area contributed by atoms with Crippen LogP contribution < -0.4 is 4.72 Å². The van der Waals surface area contributed by atoms with Gasteiger partial charge >= 0.3 is 5.97 Å². The van der Waals surface area contributed by atoms with E-state index in [0.717, 1.165) is 0 Å². The quantitative estimate of drug-likeness (QED) is 0.851. The monoisotopic (exact) mass is 277 g/mol. The van der Waals surface area contributed by atoms with Crippen LogP contribution in [0.25, 0.3) is 0 Å². The molecule has 0 aromatic heterocycles. The molecule has 0 spiro atoms. The Morgan fingerprint density at radius 3 is 2.71 bits per heavy atom. The standard InChI is InChI=1S/C10H12ClNO4S/c1-7(10(13)14)6-12-17(15,16)9-4-2-3-8(11)5-9/h2-5,7,12H,6H2,1H3,(H,13,14). The molecule has 7 heteroatoms. The highest BCUT2D eigenvalue weighted by molar-refractivity contribution is 7.89. The molecular weight excluding hydrogens is 266 g/mol. The van der Waals surface area contributed by atoms with Crippen molar-refractivity contribution in [3.8, 4) is 0 Å². The first-order chi connectivity index (χ1) is 7.83. The Kier molecular flexibility index (Phi) is 4.50. The van der Waals surface area contributed by atoms with E-state index < -0.39 is 21.9 Å². The van der Waals surface area contributed by atoms with E-state index in [1.807, 2.05) is 0 Å². The maximum atomic E-state index is 11.7. The highest BCUT2D eigenvalue weighted by Crippen LogP contribution is 2.15. The Morgan fingerprint density at radius 2 is 2.18 bits per heavy atom.